The molecule has 178 valence electrons. The van der Waals surface area contributed by atoms with Crippen LogP contribution in [0.4, 0.5) is 5.69 Å². The van der Waals surface area contributed by atoms with Crippen molar-refractivity contribution < 1.29 is 28.9 Å². The number of hydrogen-bond donors (Lipinski definition) is 2. The van der Waals surface area contributed by atoms with Crippen molar-refractivity contribution in [3.63, 3.8) is 0 Å². The highest BCUT2D eigenvalue weighted by atomic mass is 16.5. The second-order valence-corrected chi connectivity index (χ2v) is 5.29. The first-order valence-electron chi connectivity index (χ1n) is 10.0. The number of aliphatic hydroxyl groups excluding tert-OH is 1. The molecule has 0 aliphatic carbocycles. The Morgan fingerprint density at radius 1 is 1.16 bits per heavy atom. The Kier molecular flexibility index (Phi) is 27.1. The average molecular weight is 441 g/mol. The number of rotatable bonds is 6. The fraction of sp³-hybridized carbons (Fsp3) is 0.565. The van der Waals surface area contributed by atoms with E-state index in [9.17, 15) is 4.79 Å². The molecule has 1 fully saturated rings. The van der Waals surface area contributed by atoms with Crippen LogP contribution in [0.15, 0.2) is 18.2 Å². The van der Waals surface area contributed by atoms with Crippen LogP contribution in [-0.2, 0) is 14.3 Å². The molecular weight excluding hydrogens is 400 g/mol. The molecule has 1 saturated heterocycles. The van der Waals surface area contributed by atoms with Crippen LogP contribution in [0.5, 0.6) is 5.75 Å². The van der Waals surface area contributed by atoms with Gasteiger partial charge in [-0.15, -0.1) is 11.8 Å². The molecule has 1 heterocycles. The van der Waals surface area contributed by atoms with Gasteiger partial charge < -0.3 is 29.4 Å². The monoisotopic (exact) mass is 440 g/mol. The smallest absolute Gasteiger partial charge is 0.337 e. The van der Waals surface area contributed by atoms with Crippen LogP contribution in [0.1, 0.15) is 38.1 Å². The highest BCUT2D eigenvalue weighted by molar-refractivity contribution is 5.91. The molecule has 0 aromatic heterocycles. The second-order valence-electron chi connectivity index (χ2n) is 5.29. The van der Waals surface area contributed by atoms with Crippen LogP contribution in [0.3, 0.4) is 0 Å². The zero-order chi connectivity index (χ0) is 24.5. The average Bonchev–Trinajstić information content (AvgIpc) is 2.88. The fourth-order valence-corrected chi connectivity index (χ4v) is 2.26. The molecular formula is C23H40N2O6. The topological polar surface area (TPSA) is 97.3 Å². The first-order chi connectivity index (χ1) is 15.2. The summed E-state index contributed by atoms with van der Waals surface area (Å²) in [6.07, 6.45) is 0. The molecule has 0 spiro atoms. The largest absolute Gasteiger partial charge is 0.495 e. The van der Waals surface area contributed by atoms with Crippen LogP contribution >= 0.6 is 0 Å². The maximum absolute atomic E-state index is 11.6. The number of methoxy groups -OCH3 is 2. The Bertz CT molecular complexity index is 602. The first kappa shape index (κ1) is 33.0. The van der Waals surface area contributed by atoms with Crippen LogP contribution < -0.4 is 10.1 Å². The summed E-state index contributed by atoms with van der Waals surface area (Å²) in [5.41, 5.74) is 1.31. The van der Waals surface area contributed by atoms with Gasteiger partial charge in [-0.25, -0.2) is 4.79 Å². The summed E-state index contributed by atoms with van der Waals surface area (Å²) in [7, 11) is 3.98. The van der Waals surface area contributed by atoms with E-state index >= 15 is 0 Å². The van der Waals surface area contributed by atoms with Gasteiger partial charge in [0, 0.05) is 33.3 Å². The molecule has 0 amide bonds. The Balaban J connectivity index is -0.000000676. The molecule has 0 atom stereocenters. The molecule has 8 heteroatoms. The van der Waals surface area contributed by atoms with Crippen LogP contribution in [0.2, 0.25) is 0 Å². The molecule has 1 aromatic rings. The van der Waals surface area contributed by atoms with Crippen molar-refractivity contribution >= 4 is 18.4 Å². The van der Waals surface area contributed by atoms with Crippen molar-refractivity contribution in [3.05, 3.63) is 23.8 Å². The minimum absolute atomic E-state index is 0.353. The van der Waals surface area contributed by atoms with Gasteiger partial charge >= 0.3 is 5.97 Å². The van der Waals surface area contributed by atoms with Gasteiger partial charge in [0.25, 0.3) is 0 Å². The minimum Gasteiger partial charge on any atom is -0.495 e. The third-order valence-corrected chi connectivity index (χ3v) is 3.72. The van der Waals surface area contributed by atoms with Gasteiger partial charge in [0.05, 0.1) is 38.7 Å². The lowest BCUT2D eigenvalue weighted by Crippen LogP contribution is -2.39. The number of anilines is 1. The number of morpholine rings is 1. The van der Waals surface area contributed by atoms with Crippen molar-refractivity contribution in [2.24, 2.45) is 0 Å². The third kappa shape index (κ3) is 15.8. The van der Waals surface area contributed by atoms with E-state index in [-0.39, 0.29) is 5.97 Å². The Morgan fingerprint density at radius 2 is 1.71 bits per heavy atom. The van der Waals surface area contributed by atoms with Crippen molar-refractivity contribution in [1.82, 2.24) is 4.90 Å². The summed E-state index contributed by atoms with van der Waals surface area (Å²) < 4.78 is 15.4. The molecule has 31 heavy (non-hydrogen) atoms. The van der Waals surface area contributed by atoms with E-state index in [2.05, 4.69) is 22.1 Å². The number of aliphatic hydroxyl groups is 1. The molecule has 1 aromatic carbocycles. The van der Waals surface area contributed by atoms with E-state index in [1.165, 1.54) is 7.11 Å². The maximum atomic E-state index is 11.6. The summed E-state index contributed by atoms with van der Waals surface area (Å²) in [6.45, 7) is 14.8. The summed E-state index contributed by atoms with van der Waals surface area (Å²) >= 11 is 0. The predicted molar refractivity (Wildman–Crippen MR) is 126 cm³/mol. The number of hydrogen-bond acceptors (Lipinski definition) is 8. The molecule has 1 aliphatic heterocycles. The molecule has 0 unspecified atom stereocenters. The van der Waals surface area contributed by atoms with Gasteiger partial charge in [0.1, 0.15) is 12.5 Å². The molecule has 2 rings (SSSR count). The van der Waals surface area contributed by atoms with Gasteiger partial charge in [-0.2, -0.15) is 0 Å². The van der Waals surface area contributed by atoms with Gasteiger partial charge in [-0.05, 0) is 32.0 Å². The second kappa shape index (κ2) is 25.4. The number of nitrogens with zero attached hydrogens (tertiary/aromatic N) is 1. The zero-order valence-corrected chi connectivity index (χ0v) is 20.1. The Labute approximate surface area is 187 Å². The van der Waals surface area contributed by atoms with E-state index in [1.807, 2.05) is 34.5 Å². The molecule has 0 saturated carbocycles. The quantitative estimate of drug-likeness (QED) is 0.515. The molecule has 0 radical (unpaired) electrons. The Morgan fingerprint density at radius 3 is 2.16 bits per heavy atom. The van der Waals surface area contributed by atoms with E-state index in [1.54, 1.807) is 25.3 Å². The van der Waals surface area contributed by atoms with Crippen molar-refractivity contribution in [1.29, 1.82) is 0 Å². The zero-order valence-electron chi connectivity index (χ0n) is 20.1. The number of esters is 1. The maximum Gasteiger partial charge on any atom is 0.337 e. The van der Waals surface area contributed by atoms with E-state index in [4.69, 9.17) is 24.1 Å². The number of carbonyl (C=O) groups is 2. The van der Waals surface area contributed by atoms with Crippen molar-refractivity contribution in [3.8, 4) is 17.6 Å². The molecule has 1 aliphatic rings. The SMILES string of the molecule is C=O.CC.CC#CC.CO.COC(=O)c1ccc(OC)c(NCCN2CCOCC2)c1. The van der Waals surface area contributed by atoms with Crippen LogP contribution in [0.25, 0.3) is 0 Å². The summed E-state index contributed by atoms with van der Waals surface area (Å²) in [5.74, 6) is 5.72. The number of carbonyl (C=O) groups excluding carboxylic acids is 2. The number of nitrogens with one attached hydrogen (secondary N) is 1. The molecule has 0 bridgehead atoms. The highest BCUT2D eigenvalue weighted by Crippen LogP contribution is 2.25. The number of ether oxygens (including phenoxy) is 3. The van der Waals surface area contributed by atoms with Crippen molar-refractivity contribution in [2.75, 3.05) is 66.0 Å². The van der Waals surface area contributed by atoms with Crippen LogP contribution in [0, 0.1) is 11.8 Å². The Hall–Kier alpha value is -2.60. The predicted octanol–water partition coefficient (Wildman–Crippen LogP) is 2.71. The first-order valence-corrected chi connectivity index (χ1v) is 10.0. The lowest BCUT2D eigenvalue weighted by molar-refractivity contribution is -0.0980. The van der Waals surface area contributed by atoms with Gasteiger partial charge in [0.2, 0.25) is 0 Å². The van der Waals surface area contributed by atoms with Gasteiger partial charge in [-0.1, -0.05) is 13.8 Å². The van der Waals surface area contributed by atoms with Crippen LogP contribution in [-0.4, -0.2) is 83.5 Å². The lowest BCUT2D eigenvalue weighted by Gasteiger charge is -2.26. The van der Waals surface area contributed by atoms with E-state index < -0.39 is 0 Å². The molecule has 2 N–H and O–H groups in total. The van der Waals surface area contributed by atoms with Crippen molar-refractivity contribution in [2.45, 2.75) is 27.7 Å². The van der Waals surface area contributed by atoms with Gasteiger partial charge in [0.15, 0.2) is 0 Å². The fourth-order valence-electron chi connectivity index (χ4n) is 2.26. The summed E-state index contributed by atoms with van der Waals surface area (Å²) in [4.78, 5) is 21.9. The summed E-state index contributed by atoms with van der Waals surface area (Å²) in [6, 6.07) is 5.21. The highest BCUT2D eigenvalue weighted by Gasteiger charge is 2.12. The minimum atomic E-state index is -0.353. The third-order valence-electron chi connectivity index (χ3n) is 3.72. The summed E-state index contributed by atoms with van der Waals surface area (Å²) in [5, 5.41) is 10.3. The number of benzene rings is 1. The standard InChI is InChI=1S/C15H22N2O4.C4H6.C2H6.CH4O.CH2O/c1-19-14-4-3-12(15(18)20-2)11-13(14)16-5-6-17-7-9-21-10-8-17;1-3-4-2;3*1-2/h3-4,11,16H,5-10H2,1-2H3;1-2H3;1-2H3;2H,1H3;1H2. The normalized spacial score (nSPS) is 11.5. The lowest BCUT2D eigenvalue weighted by atomic mass is 10.2. The van der Waals surface area contributed by atoms with E-state index in [0.717, 1.165) is 52.2 Å². The molecule has 8 nitrogen and oxygen atoms in total. The van der Waals surface area contributed by atoms with Gasteiger partial charge in [-0.3, -0.25) is 4.90 Å². The van der Waals surface area contributed by atoms with E-state index in [0.29, 0.717) is 11.3 Å².